The summed E-state index contributed by atoms with van der Waals surface area (Å²) in [4.78, 5) is 28.9. The predicted octanol–water partition coefficient (Wildman–Crippen LogP) is 1.44. The molecule has 98 valence electrons. The van der Waals surface area contributed by atoms with Crippen molar-refractivity contribution in [2.45, 2.75) is 26.7 Å². The lowest BCUT2D eigenvalue weighted by Gasteiger charge is -2.21. The quantitative estimate of drug-likeness (QED) is 0.828. The molecule has 0 aliphatic heterocycles. The zero-order chi connectivity index (χ0) is 13.5. The van der Waals surface area contributed by atoms with E-state index in [0.29, 0.717) is 18.7 Å². The van der Waals surface area contributed by atoms with E-state index in [1.54, 1.807) is 4.90 Å². The molecule has 0 aromatic carbocycles. The molecule has 2 amide bonds. The largest absolute Gasteiger partial charge is 0.366 e. The molecule has 2 N–H and O–H groups in total. The lowest BCUT2D eigenvalue weighted by Crippen LogP contribution is -2.32. The average Bonchev–Trinajstić information content (AvgIpc) is 2.38. The van der Waals surface area contributed by atoms with E-state index in [9.17, 15) is 9.59 Å². The van der Waals surface area contributed by atoms with Crippen LogP contribution in [-0.2, 0) is 0 Å². The highest BCUT2D eigenvalue weighted by molar-refractivity contribution is 5.98. The minimum atomic E-state index is -0.574. The van der Waals surface area contributed by atoms with E-state index in [-0.39, 0.29) is 11.5 Å². The second-order valence-electron chi connectivity index (χ2n) is 4.12. The van der Waals surface area contributed by atoms with Crippen molar-refractivity contribution in [3.8, 4) is 0 Å². The Kier molecular flexibility index (Phi) is 5.30. The van der Waals surface area contributed by atoms with Crippen LogP contribution < -0.4 is 5.73 Å². The fraction of sp³-hybridized carbons (Fsp3) is 0.462. The average molecular weight is 249 g/mol. The van der Waals surface area contributed by atoms with E-state index in [0.717, 1.165) is 12.8 Å². The molecule has 0 aliphatic carbocycles. The van der Waals surface area contributed by atoms with Gasteiger partial charge in [0.15, 0.2) is 0 Å². The summed E-state index contributed by atoms with van der Waals surface area (Å²) in [6.07, 6.45) is 4.62. The summed E-state index contributed by atoms with van der Waals surface area (Å²) in [6, 6.07) is 1.50. The van der Waals surface area contributed by atoms with Crippen LogP contribution in [0.4, 0.5) is 0 Å². The highest BCUT2D eigenvalue weighted by Gasteiger charge is 2.15. The molecule has 1 aromatic heterocycles. The maximum Gasteiger partial charge on any atom is 0.255 e. The number of carbonyl (C=O) groups excluding carboxylic acids is 2. The van der Waals surface area contributed by atoms with Crippen LogP contribution in [0, 0.1) is 0 Å². The Morgan fingerprint density at radius 2 is 1.72 bits per heavy atom. The van der Waals surface area contributed by atoms with E-state index in [1.807, 2.05) is 13.8 Å². The molecule has 0 radical (unpaired) electrons. The van der Waals surface area contributed by atoms with Gasteiger partial charge in [-0.15, -0.1) is 0 Å². The second-order valence-corrected chi connectivity index (χ2v) is 4.12. The van der Waals surface area contributed by atoms with Gasteiger partial charge in [0.25, 0.3) is 5.91 Å². The third-order valence-corrected chi connectivity index (χ3v) is 2.54. The molecule has 0 spiro atoms. The number of hydrogen-bond donors (Lipinski definition) is 1. The minimum absolute atomic E-state index is 0.102. The van der Waals surface area contributed by atoms with Crippen molar-refractivity contribution in [1.29, 1.82) is 0 Å². The molecule has 5 nitrogen and oxygen atoms in total. The first-order valence-corrected chi connectivity index (χ1v) is 6.14. The van der Waals surface area contributed by atoms with Gasteiger partial charge < -0.3 is 10.6 Å². The number of pyridine rings is 1. The molecule has 5 heteroatoms. The number of carbonyl (C=O) groups is 2. The SMILES string of the molecule is CCCN(CCC)C(=O)c1cncc(C(N)=O)c1. The summed E-state index contributed by atoms with van der Waals surface area (Å²) >= 11 is 0. The Morgan fingerprint density at radius 3 is 2.22 bits per heavy atom. The molecule has 0 atom stereocenters. The van der Waals surface area contributed by atoms with Crippen LogP contribution >= 0.6 is 0 Å². The second kappa shape index (κ2) is 6.74. The molecule has 0 saturated carbocycles. The van der Waals surface area contributed by atoms with Crippen molar-refractivity contribution in [1.82, 2.24) is 9.88 Å². The molecule has 0 unspecified atom stereocenters. The lowest BCUT2D eigenvalue weighted by molar-refractivity contribution is 0.0755. The van der Waals surface area contributed by atoms with Crippen molar-refractivity contribution in [3.63, 3.8) is 0 Å². The summed E-state index contributed by atoms with van der Waals surface area (Å²) in [6.45, 7) is 5.45. The van der Waals surface area contributed by atoms with Gasteiger partial charge in [-0.3, -0.25) is 14.6 Å². The van der Waals surface area contributed by atoms with Crippen molar-refractivity contribution < 1.29 is 9.59 Å². The highest BCUT2D eigenvalue weighted by atomic mass is 16.2. The van der Waals surface area contributed by atoms with Crippen molar-refractivity contribution >= 4 is 11.8 Å². The fourth-order valence-electron chi connectivity index (χ4n) is 1.73. The highest BCUT2D eigenvalue weighted by Crippen LogP contribution is 2.07. The van der Waals surface area contributed by atoms with Gasteiger partial charge in [-0.05, 0) is 18.9 Å². The zero-order valence-electron chi connectivity index (χ0n) is 10.8. The van der Waals surface area contributed by atoms with Crippen LogP contribution in [0.2, 0.25) is 0 Å². The van der Waals surface area contributed by atoms with Gasteiger partial charge in [-0.2, -0.15) is 0 Å². The van der Waals surface area contributed by atoms with Crippen LogP contribution in [0.3, 0.4) is 0 Å². The van der Waals surface area contributed by atoms with Crippen LogP contribution in [0.5, 0.6) is 0 Å². The molecule has 1 heterocycles. The summed E-state index contributed by atoms with van der Waals surface area (Å²) in [5.41, 5.74) is 5.84. The van der Waals surface area contributed by atoms with Gasteiger partial charge in [0.05, 0.1) is 11.1 Å². The third-order valence-electron chi connectivity index (χ3n) is 2.54. The van der Waals surface area contributed by atoms with Gasteiger partial charge >= 0.3 is 0 Å². The number of rotatable bonds is 6. The van der Waals surface area contributed by atoms with Gasteiger partial charge in [0.1, 0.15) is 0 Å². The van der Waals surface area contributed by atoms with Gasteiger partial charge in [-0.1, -0.05) is 13.8 Å². The van der Waals surface area contributed by atoms with Crippen LogP contribution in [0.15, 0.2) is 18.5 Å². The van der Waals surface area contributed by atoms with Gasteiger partial charge in [0, 0.05) is 25.5 Å². The number of primary amides is 1. The number of nitrogens with two attached hydrogens (primary N) is 1. The summed E-state index contributed by atoms with van der Waals surface area (Å²) in [7, 11) is 0. The van der Waals surface area contributed by atoms with E-state index < -0.39 is 5.91 Å². The Bertz CT molecular complexity index is 426. The summed E-state index contributed by atoms with van der Waals surface area (Å²) in [5, 5.41) is 0. The third kappa shape index (κ3) is 3.55. The molecule has 0 saturated heterocycles. The van der Waals surface area contributed by atoms with E-state index in [2.05, 4.69) is 4.98 Å². The zero-order valence-corrected chi connectivity index (χ0v) is 10.8. The maximum atomic E-state index is 12.2. The number of nitrogens with zero attached hydrogens (tertiary/aromatic N) is 2. The van der Waals surface area contributed by atoms with Crippen molar-refractivity contribution in [2.75, 3.05) is 13.1 Å². The number of hydrogen-bond acceptors (Lipinski definition) is 3. The molecule has 1 aromatic rings. The fourth-order valence-corrected chi connectivity index (χ4v) is 1.73. The maximum absolute atomic E-state index is 12.2. The Balaban J connectivity index is 2.93. The van der Waals surface area contributed by atoms with Crippen molar-refractivity contribution in [3.05, 3.63) is 29.6 Å². The standard InChI is InChI=1S/C13H19N3O2/c1-3-5-16(6-4-2)13(18)11-7-10(12(14)17)8-15-9-11/h7-9H,3-6H2,1-2H3,(H2,14,17). The lowest BCUT2D eigenvalue weighted by atomic mass is 10.1. The molecule has 18 heavy (non-hydrogen) atoms. The van der Waals surface area contributed by atoms with Gasteiger partial charge in [-0.25, -0.2) is 0 Å². The normalized spacial score (nSPS) is 10.1. The summed E-state index contributed by atoms with van der Waals surface area (Å²) < 4.78 is 0. The first kappa shape index (κ1) is 14.2. The topological polar surface area (TPSA) is 76.3 Å². The Morgan fingerprint density at radius 1 is 1.17 bits per heavy atom. The Labute approximate surface area is 107 Å². The van der Waals surface area contributed by atoms with Crippen molar-refractivity contribution in [2.24, 2.45) is 5.73 Å². The molecule has 1 rings (SSSR count). The van der Waals surface area contributed by atoms with Gasteiger partial charge in [0.2, 0.25) is 5.91 Å². The molecule has 0 aliphatic rings. The first-order chi connectivity index (χ1) is 8.60. The molecule has 0 bridgehead atoms. The Hall–Kier alpha value is -1.91. The van der Waals surface area contributed by atoms with E-state index >= 15 is 0 Å². The number of aromatic nitrogens is 1. The monoisotopic (exact) mass is 249 g/mol. The van der Waals surface area contributed by atoms with Crippen LogP contribution in [0.25, 0.3) is 0 Å². The van der Waals surface area contributed by atoms with E-state index in [1.165, 1.54) is 18.5 Å². The molecular formula is C13H19N3O2. The predicted molar refractivity (Wildman–Crippen MR) is 69.2 cm³/mol. The van der Waals surface area contributed by atoms with Crippen LogP contribution in [-0.4, -0.2) is 34.8 Å². The molecular weight excluding hydrogens is 230 g/mol. The summed E-state index contributed by atoms with van der Waals surface area (Å²) in [5.74, 6) is -0.677. The van der Waals surface area contributed by atoms with E-state index in [4.69, 9.17) is 5.73 Å². The van der Waals surface area contributed by atoms with Crippen LogP contribution in [0.1, 0.15) is 47.4 Å². The number of amides is 2. The smallest absolute Gasteiger partial charge is 0.255 e. The first-order valence-electron chi connectivity index (χ1n) is 6.14. The molecule has 0 fully saturated rings. The minimum Gasteiger partial charge on any atom is -0.366 e.